The van der Waals surface area contributed by atoms with Gasteiger partial charge in [-0.1, -0.05) is 43.0 Å². The maximum absolute atomic E-state index is 5.47. The summed E-state index contributed by atoms with van der Waals surface area (Å²) in [7, 11) is 0. The van der Waals surface area contributed by atoms with Crippen LogP contribution in [0.2, 0.25) is 0 Å². The highest BCUT2D eigenvalue weighted by Crippen LogP contribution is 2.32. The van der Waals surface area contributed by atoms with Gasteiger partial charge in [-0.15, -0.1) is 0 Å². The summed E-state index contributed by atoms with van der Waals surface area (Å²) in [6, 6.07) is 21.9. The van der Waals surface area contributed by atoms with Gasteiger partial charge < -0.3 is 20.0 Å². The monoisotopic (exact) mass is 444 g/mol. The second kappa shape index (κ2) is 11.2. The Morgan fingerprint density at radius 1 is 1.03 bits per heavy atom. The molecule has 1 aliphatic heterocycles. The van der Waals surface area contributed by atoms with Crippen molar-refractivity contribution < 1.29 is 4.42 Å². The molecule has 5 nitrogen and oxygen atoms in total. The highest BCUT2D eigenvalue weighted by Gasteiger charge is 2.24. The number of hydrogen-bond donors (Lipinski definition) is 2. The Bertz CT molecular complexity index is 1000. The van der Waals surface area contributed by atoms with Crippen LogP contribution in [0.25, 0.3) is 5.70 Å². The lowest BCUT2D eigenvalue weighted by Crippen LogP contribution is -2.45. The zero-order valence-electron chi connectivity index (χ0n) is 19.9. The van der Waals surface area contributed by atoms with Gasteiger partial charge in [0.15, 0.2) is 0 Å². The molecule has 3 aromatic rings. The molecule has 1 aliphatic rings. The second-order valence-electron chi connectivity index (χ2n) is 8.49. The molecule has 0 radical (unpaired) electrons. The van der Waals surface area contributed by atoms with Crippen LogP contribution in [-0.2, 0) is 6.54 Å². The van der Waals surface area contributed by atoms with Gasteiger partial charge in [-0.2, -0.15) is 0 Å². The average molecular weight is 445 g/mol. The molecule has 1 aromatic heterocycles. The molecule has 5 heteroatoms. The summed E-state index contributed by atoms with van der Waals surface area (Å²) < 4.78 is 5.47. The van der Waals surface area contributed by atoms with Crippen molar-refractivity contribution in [3.8, 4) is 0 Å². The molecule has 2 heterocycles. The van der Waals surface area contributed by atoms with E-state index in [1.165, 1.54) is 16.7 Å². The van der Waals surface area contributed by atoms with Crippen molar-refractivity contribution in [1.29, 1.82) is 0 Å². The minimum absolute atomic E-state index is 0.216. The largest absolute Gasteiger partial charge is 0.467 e. The summed E-state index contributed by atoms with van der Waals surface area (Å²) in [6.45, 7) is 15.4. The van der Waals surface area contributed by atoms with E-state index in [9.17, 15) is 0 Å². The molecule has 0 spiro atoms. The number of hydrogen-bond acceptors (Lipinski definition) is 5. The maximum atomic E-state index is 5.47. The van der Waals surface area contributed by atoms with Gasteiger partial charge in [0.05, 0.1) is 18.8 Å². The summed E-state index contributed by atoms with van der Waals surface area (Å²) >= 11 is 0. The summed E-state index contributed by atoms with van der Waals surface area (Å²) in [5.74, 6) is 0.933. The van der Waals surface area contributed by atoms with Crippen molar-refractivity contribution in [2.75, 3.05) is 44.6 Å². The molecular formula is C28H36N4O. The Morgan fingerprint density at radius 3 is 2.45 bits per heavy atom. The van der Waals surface area contributed by atoms with Gasteiger partial charge in [0.1, 0.15) is 5.76 Å². The summed E-state index contributed by atoms with van der Waals surface area (Å²) in [6.07, 6.45) is 1.71. The lowest BCUT2D eigenvalue weighted by atomic mass is 9.94. The Hall–Kier alpha value is -3.02. The van der Waals surface area contributed by atoms with E-state index in [1.807, 2.05) is 12.1 Å². The Morgan fingerprint density at radius 2 is 1.79 bits per heavy atom. The third kappa shape index (κ3) is 5.67. The van der Waals surface area contributed by atoms with Crippen LogP contribution in [-0.4, -0.2) is 49.1 Å². The van der Waals surface area contributed by atoms with Crippen molar-refractivity contribution in [3.05, 3.63) is 96.0 Å². The number of benzene rings is 2. The number of nitrogens with zero attached hydrogens (tertiary/aromatic N) is 2. The molecular weight excluding hydrogens is 408 g/mol. The van der Waals surface area contributed by atoms with E-state index in [2.05, 4.69) is 89.4 Å². The van der Waals surface area contributed by atoms with E-state index in [-0.39, 0.29) is 6.04 Å². The van der Waals surface area contributed by atoms with Gasteiger partial charge in [0.2, 0.25) is 0 Å². The fourth-order valence-electron chi connectivity index (χ4n) is 4.62. The molecule has 0 aliphatic carbocycles. The van der Waals surface area contributed by atoms with Crippen molar-refractivity contribution in [3.63, 3.8) is 0 Å². The van der Waals surface area contributed by atoms with Crippen LogP contribution in [0.5, 0.6) is 0 Å². The standard InChI is InChI=1S/C28H36N4O/c1-4-31(5-2)22(3)23-11-13-24(14-12-23)28(32-17-15-29-16-18-32)25-8-6-9-26(20-25)30-21-27-10-7-19-33-27/h6-14,19-20,28-30H,3-5,15-18,21H2,1-2H3/t28-/m1/s1. The average Bonchev–Trinajstić information content (AvgIpc) is 3.39. The van der Waals surface area contributed by atoms with E-state index in [4.69, 9.17) is 4.42 Å². The number of rotatable bonds is 10. The minimum atomic E-state index is 0.216. The van der Waals surface area contributed by atoms with Crippen LogP contribution in [0.3, 0.4) is 0 Å². The second-order valence-corrected chi connectivity index (χ2v) is 8.49. The van der Waals surface area contributed by atoms with Gasteiger partial charge in [-0.25, -0.2) is 0 Å². The fourth-order valence-corrected chi connectivity index (χ4v) is 4.62. The first-order chi connectivity index (χ1) is 16.2. The Balaban J connectivity index is 1.59. The topological polar surface area (TPSA) is 43.7 Å². The van der Waals surface area contributed by atoms with Crippen LogP contribution in [0.1, 0.15) is 42.3 Å². The van der Waals surface area contributed by atoms with Crippen molar-refractivity contribution >= 4 is 11.4 Å². The maximum Gasteiger partial charge on any atom is 0.122 e. The van der Waals surface area contributed by atoms with Gasteiger partial charge >= 0.3 is 0 Å². The minimum Gasteiger partial charge on any atom is -0.467 e. The van der Waals surface area contributed by atoms with E-state index >= 15 is 0 Å². The Labute approximate surface area is 198 Å². The zero-order valence-corrected chi connectivity index (χ0v) is 19.9. The normalized spacial score (nSPS) is 15.2. The first-order valence-electron chi connectivity index (χ1n) is 12.0. The lowest BCUT2D eigenvalue weighted by Gasteiger charge is -2.36. The molecule has 174 valence electrons. The van der Waals surface area contributed by atoms with E-state index in [1.54, 1.807) is 6.26 Å². The molecule has 1 atom stereocenters. The molecule has 2 N–H and O–H groups in total. The summed E-state index contributed by atoms with van der Waals surface area (Å²) in [5, 5.41) is 6.99. The number of piperazine rings is 1. The van der Waals surface area contributed by atoms with Crippen LogP contribution >= 0.6 is 0 Å². The van der Waals surface area contributed by atoms with E-state index in [0.717, 1.165) is 56.4 Å². The lowest BCUT2D eigenvalue weighted by molar-refractivity contribution is 0.198. The van der Waals surface area contributed by atoms with Crippen molar-refractivity contribution in [1.82, 2.24) is 15.1 Å². The van der Waals surface area contributed by atoms with E-state index in [0.29, 0.717) is 6.54 Å². The van der Waals surface area contributed by atoms with Crippen molar-refractivity contribution in [2.24, 2.45) is 0 Å². The molecule has 2 aromatic carbocycles. The molecule has 1 fully saturated rings. The molecule has 0 saturated carbocycles. The van der Waals surface area contributed by atoms with Crippen LogP contribution < -0.4 is 10.6 Å². The highest BCUT2D eigenvalue weighted by molar-refractivity contribution is 5.62. The predicted octanol–water partition coefficient (Wildman–Crippen LogP) is 5.20. The summed E-state index contributed by atoms with van der Waals surface area (Å²) in [4.78, 5) is 4.88. The molecule has 0 unspecified atom stereocenters. The van der Waals surface area contributed by atoms with E-state index < -0.39 is 0 Å². The molecule has 0 bridgehead atoms. The number of furan rings is 1. The first-order valence-corrected chi connectivity index (χ1v) is 12.0. The van der Waals surface area contributed by atoms with Crippen molar-refractivity contribution in [2.45, 2.75) is 26.4 Å². The van der Waals surface area contributed by atoms with Gasteiger partial charge in [-0.05, 0) is 54.8 Å². The van der Waals surface area contributed by atoms with Gasteiger partial charge in [0, 0.05) is 50.7 Å². The molecule has 33 heavy (non-hydrogen) atoms. The Kier molecular flexibility index (Phi) is 7.87. The highest BCUT2D eigenvalue weighted by atomic mass is 16.3. The van der Waals surface area contributed by atoms with Crippen LogP contribution in [0, 0.1) is 0 Å². The van der Waals surface area contributed by atoms with Gasteiger partial charge in [-0.3, -0.25) is 4.90 Å². The molecule has 1 saturated heterocycles. The fraction of sp³-hybridized carbons (Fsp3) is 0.357. The zero-order chi connectivity index (χ0) is 23.0. The van der Waals surface area contributed by atoms with Crippen LogP contribution in [0.15, 0.2) is 77.9 Å². The predicted molar refractivity (Wildman–Crippen MR) is 137 cm³/mol. The smallest absolute Gasteiger partial charge is 0.122 e. The number of nitrogens with one attached hydrogen (secondary N) is 2. The summed E-state index contributed by atoms with van der Waals surface area (Å²) in [5.41, 5.74) is 6.01. The SMILES string of the molecule is C=C(c1ccc([C@H](c2cccc(NCc3ccco3)c2)N2CCNCC2)cc1)N(CC)CC. The van der Waals surface area contributed by atoms with Gasteiger partial charge in [0.25, 0.3) is 0 Å². The van der Waals surface area contributed by atoms with Crippen LogP contribution in [0.4, 0.5) is 5.69 Å². The first kappa shape index (κ1) is 23.1. The number of anilines is 1. The quantitative estimate of drug-likeness (QED) is 0.450. The molecule has 4 rings (SSSR count). The molecule has 0 amide bonds. The third-order valence-corrected chi connectivity index (χ3v) is 6.47. The third-order valence-electron chi connectivity index (χ3n) is 6.47.